The first kappa shape index (κ1) is 17.7. The summed E-state index contributed by atoms with van der Waals surface area (Å²) in [6.07, 6.45) is 6.62. The zero-order chi connectivity index (χ0) is 18.5. The Balaban J connectivity index is 1.41. The van der Waals surface area contributed by atoms with Gasteiger partial charge in [0, 0.05) is 30.5 Å². The molecule has 0 spiro atoms. The van der Waals surface area contributed by atoms with Crippen molar-refractivity contribution in [2.24, 2.45) is 0 Å². The van der Waals surface area contributed by atoms with Gasteiger partial charge in [-0.15, -0.1) is 0 Å². The SMILES string of the molecule is CN(Cc1ccccc1OCc1ccccn1)Cc1n[nH]c2c1CCCC2. The average Bonchev–Trinajstić information content (AvgIpc) is 3.11. The van der Waals surface area contributed by atoms with Gasteiger partial charge in [-0.1, -0.05) is 24.3 Å². The van der Waals surface area contributed by atoms with Crippen LogP contribution >= 0.6 is 0 Å². The molecule has 0 saturated heterocycles. The molecule has 1 aliphatic rings. The fraction of sp³-hybridized carbons (Fsp3) is 0.364. The predicted molar refractivity (Wildman–Crippen MR) is 105 cm³/mol. The van der Waals surface area contributed by atoms with Gasteiger partial charge in [-0.3, -0.25) is 15.0 Å². The Morgan fingerprint density at radius 1 is 1.04 bits per heavy atom. The summed E-state index contributed by atoms with van der Waals surface area (Å²) in [5, 5.41) is 7.81. The molecule has 0 unspecified atom stereocenters. The fourth-order valence-electron chi connectivity index (χ4n) is 3.69. The molecular formula is C22H26N4O. The van der Waals surface area contributed by atoms with Gasteiger partial charge in [0.1, 0.15) is 12.4 Å². The Labute approximate surface area is 160 Å². The zero-order valence-electron chi connectivity index (χ0n) is 15.8. The number of rotatable bonds is 7. The molecular weight excluding hydrogens is 336 g/mol. The first-order chi connectivity index (χ1) is 13.3. The summed E-state index contributed by atoms with van der Waals surface area (Å²) >= 11 is 0. The third-order valence-electron chi connectivity index (χ3n) is 5.08. The van der Waals surface area contributed by atoms with E-state index in [1.165, 1.54) is 35.4 Å². The van der Waals surface area contributed by atoms with E-state index in [1.54, 1.807) is 6.20 Å². The Morgan fingerprint density at radius 2 is 1.89 bits per heavy atom. The van der Waals surface area contributed by atoms with Crippen molar-refractivity contribution in [3.63, 3.8) is 0 Å². The van der Waals surface area contributed by atoms with Gasteiger partial charge >= 0.3 is 0 Å². The van der Waals surface area contributed by atoms with Crippen molar-refractivity contribution in [1.82, 2.24) is 20.1 Å². The Hall–Kier alpha value is -2.66. The maximum Gasteiger partial charge on any atom is 0.130 e. The van der Waals surface area contributed by atoms with Crippen molar-refractivity contribution in [3.8, 4) is 5.75 Å². The topological polar surface area (TPSA) is 54.0 Å². The summed E-state index contributed by atoms with van der Waals surface area (Å²) in [5.41, 5.74) is 6.08. The van der Waals surface area contributed by atoms with Crippen LogP contribution in [0.4, 0.5) is 0 Å². The molecule has 5 nitrogen and oxygen atoms in total. The van der Waals surface area contributed by atoms with Gasteiger partial charge in [0.15, 0.2) is 0 Å². The lowest BCUT2D eigenvalue weighted by Gasteiger charge is -2.19. The van der Waals surface area contributed by atoms with Crippen LogP contribution < -0.4 is 4.74 Å². The summed E-state index contributed by atoms with van der Waals surface area (Å²) in [4.78, 5) is 6.63. The van der Waals surface area contributed by atoms with Crippen LogP contribution in [0.5, 0.6) is 5.75 Å². The largest absolute Gasteiger partial charge is 0.487 e. The van der Waals surface area contributed by atoms with E-state index in [0.717, 1.165) is 37.4 Å². The molecule has 1 aromatic carbocycles. The molecule has 0 amide bonds. The lowest BCUT2D eigenvalue weighted by molar-refractivity contribution is 0.277. The van der Waals surface area contributed by atoms with E-state index in [-0.39, 0.29) is 0 Å². The second-order valence-electron chi connectivity index (χ2n) is 7.22. The zero-order valence-corrected chi connectivity index (χ0v) is 15.8. The molecule has 0 atom stereocenters. The maximum atomic E-state index is 6.04. The molecule has 140 valence electrons. The summed E-state index contributed by atoms with van der Waals surface area (Å²) in [6, 6.07) is 14.1. The number of hydrogen-bond acceptors (Lipinski definition) is 4. The maximum absolute atomic E-state index is 6.04. The van der Waals surface area contributed by atoms with Crippen molar-refractivity contribution in [1.29, 1.82) is 0 Å². The number of benzene rings is 1. The van der Waals surface area contributed by atoms with Crippen molar-refractivity contribution in [3.05, 3.63) is 76.9 Å². The quantitative estimate of drug-likeness (QED) is 0.693. The van der Waals surface area contributed by atoms with Crippen LogP contribution in [0.15, 0.2) is 48.7 Å². The monoisotopic (exact) mass is 362 g/mol. The molecule has 0 bridgehead atoms. The van der Waals surface area contributed by atoms with Gasteiger partial charge in [0.05, 0.1) is 11.4 Å². The number of H-pyrrole nitrogens is 1. The van der Waals surface area contributed by atoms with Gasteiger partial charge in [-0.05, 0) is 56.5 Å². The minimum atomic E-state index is 0.481. The van der Waals surface area contributed by atoms with E-state index in [4.69, 9.17) is 4.74 Å². The first-order valence-electron chi connectivity index (χ1n) is 9.64. The van der Waals surface area contributed by atoms with Crippen LogP contribution in [-0.2, 0) is 32.5 Å². The molecule has 2 aromatic heterocycles. The third kappa shape index (κ3) is 4.37. The molecule has 27 heavy (non-hydrogen) atoms. The van der Waals surface area contributed by atoms with Crippen LogP contribution in [-0.4, -0.2) is 27.1 Å². The molecule has 0 fully saturated rings. The van der Waals surface area contributed by atoms with Crippen molar-refractivity contribution in [2.75, 3.05) is 7.05 Å². The minimum absolute atomic E-state index is 0.481. The minimum Gasteiger partial charge on any atom is -0.487 e. The highest BCUT2D eigenvalue weighted by Gasteiger charge is 2.18. The van der Waals surface area contributed by atoms with E-state index < -0.39 is 0 Å². The number of aromatic nitrogens is 3. The highest BCUT2D eigenvalue weighted by atomic mass is 16.5. The third-order valence-corrected chi connectivity index (χ3v) is 5.08. The summed E-state index contributed by atoms with van der Waals surface area (Å²) in [7, 11) is 2.14. The Bertz CT molecular complexity index is 875. The van der Waals surface area contributed by atoms with Gasteiger partial charge < -0.3 is 4.74 Å². The van der Waals surface area contributed by atoms with Crippen LogP contribution in [0.1, 0.15) is 41.1 Å². The number of fused-ring (bicyclic) bond motifs is 1. The average molecular weight is 362 g/mol. The Kier molecular flexibility index (Phi) is 5.49. The van der Waals surface area contributed by atoms with E-state index in [0.29, 0.717) is 6.61 Å². The lowest BCUT2D eigenvalue weighted by atomic mass is 9.96. The molecule has 5 heteroatoms. The molecule has 1 aliphatic carbocycles. The highest BCUT2D eigenvalue weighted by Crippen LogP contribution is 2.25. The number of para-hydroxylation sites is 1. The molecule has 0 aliphatic heterocycles. The molecule has 4 rings (SSSR count). The second-order valence-corrected chi connectivity index (χ2v) is 7.22. The number of nitrogens with zero attached hydrogens (tertiary/aromatic N) is 3. The highest BCUT2D eigenvalue weighted by molar-refractivity contribution is 5.33. The standard InChI is InChI=1S/C22H26N4O/c1-26(15-21-19-10-3-4-11-20(19)24-25-21)14-17-8-2-5-12-22(17)27-16-18-9-6-7-13-23-18/h2,5-9,12-13H,3-4,10-11,14-16H2,1H3,(H,24,25). The number of aryl methyl sites for hydroxylation is 1. The van der Waals surface area contributed by atoms with E-state index in [9.17, 15) is 0 Å². The fourth-order valence-corrected chi connectivity index (χ4v) is 3.69. The van der Waals surface area contributed by atoms with E-state index in [2.05, 4.69) is 39.3 Å². The van der Waals surface area contributed by atoms with Crippen LogP contribution in [0.2, 0.25) is 0 Å². The van der Waals surface area contributed by atoms with Crippen molar-refractivity contribution < 1.29 is 4.74 Å². The first-order valence-corrected chi connectivity index (χ1v) is 9.64. The van der Waals surface area contributed by atoms with Crippen molar-refractivity contribution >= 4 is 0 Å². The number of aromatic amines is 1. The molecule has 1 N–H and O–H groups in total. The summed E-state index contributed by atoms with van der Waals surface area (Å²) < 4.78 is 6.04. The van der Waals surface area contributed by atoms with Crippen LogP contribution in [0.3, 0.4) is 0 Å². The summed E-state index contributed by atoms with van der Waals surface area (Å²) in [6.45, 7) is 2.15. The number of ether oxygens (including phenoxy) is 1. The Morgan fingerprint density at radius 3 is 2.78 bits per heavy atom. The number of nitrogens with one attached hydrogen (secondary N) is 1. The molecule has 3 aromatic rings. The van der Waals surface area contributed by atoms with E-state index in [1.807, 2.05) is 30.3 Å². The number of hydrogen-bond donors (Lipinski definition) is 1. The molecule has 0 saturated carbocycles. The number of pyridine rings is 1. The van der Waals surface area contributed by atoms with Gasteiger partial charge in [0.2, 0.25) is 0 Å². The predicted octanol–water partition coefficient (Wildman–Crippen LogP) is 3.89. The smallest absolute Gasteiger partial charge is 0.130 e. The normalized spacial score (nSPS) is 13.6. The molecule has 0 radical (unpaired) electrons. The lowest BCUT2D eigenvalue weighted by Crippen LogP contribution is -2.19. The summed E-state index contributed by atoms with van der Waals surface area (Å²) in [5.74, 6) is 0.916. The molecule has 2 heterocycles. The van der Waals surface area contributed by atoms with Crippen molar-refractivity contribution in [2.45, 2.75) is 45.4 Å². The van der Waals surface area contributed by atoms with Crippen LogP contribution in [0.25, 0.3) is 0 Å². The van der Waals surface area contributed by atoms with E-state index >= 15 is 0 Å². The van der Waals surface area contributed by atoms with Gasteiger partial charge in [-0.2, -0.15) is 5.10 Å². The van der Waals surface area contributed by atoms with Gasteiger partial charge in [-0.25, -0.2) is 0 Å². The van der Waals surface area contributed by atoms with Crippen LogP contribution in [0, 0.1) is 0 Å². The second kappa shape index (κ2) is 8.35. The van der Waals surface area contributed by atoms with Gasteiger partial charge in [0.25, 0.3) is 0 Å².